The predicted octanol–water partition coefficient (Wildman–Crippen LogP) is 13.4. The molecule has 0 atom stereocenters. The normalized spacial score (nSPS) is 12.0. The van der Waals surface area contributed by atoms with Crippen LogP contribution in [0.3, 0.4) is 0 Å². The summed E-state index contributed by atoms with van der Waals surface area (Å²) in [5.74, 6) is 1.60. The summed E-state index contributed by atoms with van der Waals surface area (Å²) in [6.45, 7) is 0. The molecule has 0 unspecified atom stereocenters. The Morgan fingerprint density at radius 2 is 0.891 bits per heavy atom. The topological polar surface area (TPSA) is 78.1 Å². The van der Waals surface area contributed by atoms with Gasteiger partial charge in [0.05, 0.1) is 5.56 Å². The van der Waals surface area contributed by atoms with E-state index in [-0.39, 0.29) is 0 Å². The summed E-state index contributed by atoms with van der Waals surface area (Å²) in [6, 6.07) is 55.8. The zero-order valence-corrected chi connectivity index (χ0v) is 29.2. The quantitative estimate of drug-likeness (QED) is 0.181. The maximum atomic E-state index is 6.59. The maximum absolute atomic E-state index is 6.59. The van der Waals surface area contributed by atoms with E-state index >= 15 is 0 Å². The first-order valence-corrected chi connectivity index (χ1v) is 18.3. The van der Waals surface area contributed by atoms with Crippen LogP contribution < -0.4 is 0 Å². The third-order valence-electron chi connectivity index (χ3n) is 10.8. The van der Waals surface area contributed by atoms with Crippen LogP contribution in [-0.4, -0.2) is 15.0 Å². The third kappa shape index (κ3) is 4.58. The van der Waals surface area contributed by atoms with Crippen molar-refractivity contribution in [1.82, 2.24) is 15.0 Å². The summed E-state index contributed by atoms with van der Waals surface area (Å²) in [7, 11) is 0. The third-order valence-corrected chi connectivity index (χ3v) is 10.8. The van der Waals surface area contributed by atoms with E-state index in [0.717, 1.165) is 93.6 Å². The molecule has 4 heterocycles. The van der Waals surface area contributed by atoms with Crippen LogP contribution >= 0.6 is 0 Å². The van der Waals surface area contributed by atoms with Gasteiger partial charge in [0, 0.05) is 43.4 Å². The van der Waals surface area contributed by atoms with Crippen molar-refractivity contribution < 1.29 is 13.3 Å². The number of nitrogens with zero attached hydrogens (tertiary/aromatic N) is 3. The molecular weight excluding hydrogens is 679 g/mol. The Kier molecular flexibility index (Phi) is 6.24. The minimum atomic E-state index is 0.518. The van der Waals surface area contributed by atoms with Gasteiger partial charge in [0.2, 0.25) is 0 Å². The summed E-state index contributed by atoms with van der Waals surface area (Å²) in [6.07, 6.45) is 0. The van der Waals surface area contributed by atoms with Crippen molar-refractivity contribution in [2.45, 2.75) is 0 Å². The Morgan fingerprint density at radius 1 is 0.309 bits per heavy atom. The van der Waals surface area contributed by atoms with Crippen molar-refractivity contribution in [2.24, 2.45) is 0 Å². The molecule has 0 aliphatic rings. The Bertz CT molecular complexity index is 3510. The van der Waals surface area contributed by atoms with E-state index in [9.17, 15) is 0 Å². The average molecular weight is 706 g/mol. The summed E-state index contributed by atoms with van der Waals surface area (Å²) in [5.41, 5.74) is 9.50. The van der Waals surface area contributed by atoms with E-state index in [4.69, 9.17) is 28.2 Å². The molecule has 0 aliphatic heterocycles. The largest absolute Gasteiger partial charge is 0.456 e. The minimum Gasteiger partial charge on any atom is -0.456 e. The highest BCUT2D eigenvalue weighted by molar-refractivity contribution is 6.14. The number of hydrogen-bond donors (Lipinski definition) is 0. The van der Waals surface area contributed by atoms with Crippen LogP contribution in [0, 0.1) is 0 Å². The predicted molar refractivity (Wildman–Crippen MR) is 221 cm³/mol. The number of benzene rings is 8. The molecule has 4 aromatic heterocycles. The first-order valence-electron chi connectivity index (χ1n) is 18.3. The van der Waals surface area contributed by atoms with E-state index in [1.54, 1.807) is 0 Å². The second-order valence-electron chi connectivity index (χ2n) is 13.9. The van der Waals surface area contributed by atoms with Crippen molar-refractivity contribution in [2.75, 3.05) is 0 Å². The fraction of sp³-hybridized carbons (Fsp3) is 0. The zero-order valence-electron chi connectivity index (χ0n) is 29.2. The smallest absolute Gasteiger partial charge is 0.167 e. The minimum absolute atomic E-state index is 0.518. The molecule has 0 saturated carbocycles. The molecule has 0 amide bonds. The molecule has 6 heteroatoms. The van der Waals surface area contributed by atoms with Crippen LogP contribution in [0.5, 0.6) is 0 Å². The summed E-state index contributed by atoms with van der Waals surface area (Å²) in [4.78, 5) is 15.6. The van der Waals surface area contributed by atoms with Crippen molar-refractivity contribution in [3.8, 4) is 45.3 Å². The fourth-order valence-electron chi connectivity index (χ4n) is 8.19. The Labute approximate surface area is 312 Å². The van der Waals surface area contributed by atoms with Gasteiger partial charge >= 0.3 is 0 Å². The molecule has 0 saturated heterocycles. The first-order chi connectivity index (χ1) is 27.2. The van der Waals surface area contributed by atoms with Crippen molar-refractivity contribution >= 4 is 76.6 Å². The second kappa shape index (κ2) is 11.5. The van der Waals surface area contributed by atoms with Gasteiger partial charge in [0.1, 0.15) is 33.5 Å². The van der Waals surface area contributed by atoms with Gasteiger partial charge in [-0.3, -0.25) is 0 Å². The van der Waals surface area contributed by atoms with Gasteiger partial charge in [-0.25, -0.2) is 15.0 Å². The number of fused-ring (bicyclic) bond motifs is 10. The Hall–Kier alpha value is -7.57. The van der Waals surface area contributed by atoms with E-state index < -0.39 is 0 Å². The number of furan rings is 3. The molecule has 55 heavy (non-hydrogen) atoms. The monoisotopic (exact) mass is 705 g/mol. The van der Waals surface area contributed by atoms with Crippen LogP contribution in [0.1, 0.15) is 0 Å². The van der Waals surface area contributed by atoms with E-state index in [1.807, 2.05) is 72.8 Å². The lowest BCUT2D eigenvalue weighted by atomic mass is 9.97. The SMILES string of the molecule is c1ccc2c(-c3ccc4c(c3)oc3cccc(-c5nc(-c6ccc7oc8ccccc8c7c6)nc(-c6cccc7c6oc6ccccc67)n5)c34)cccc2c1. The van der Waals surface area contributed by atoms with Gasteiger partial charge in [-0.1, -0.05) is 109 Å². The van der Waals surface area contributed by atoms with Crippen LogP contribution in [0.4, 0.5) is 0 Å². The molecule has 0 aliphatic carbocycles. The molecular formula is C49H27N3O3. The zero-order chi connectivity index (χ0) is 36.0. The summed E-state index contributed by atoms with van der Waals surface area (Å²) in [5, 5.41) is 8.43. The molecule has 8 aromatic carbocycles. The Morgan fingerprint density at radius 3 is 1.78 bits per heavy atom. The highest BCUT2D eigenvalue weighted by Crippen LogP contribution is 2.41. The van der Waals surface area contributed by atoms with Gasteiger partial charge in [-0.05, 0) is 76.5 Å². The number of aromatic nitrogens is 3. The lowest BCUT2D eigenvalue weighted by Crippen LogP contribution is -2.00. The maximum Gasteiger partial charge on any atom is 0.167 e. The van der Waals surface area contributed by atoms with Crippen molar-refractivity contribution in [1.29, 1.82) is 0 Å². The number of rotatable bonds is 4. The highest BCUT2D eigenvalue weighted by atomic mass is 16.3. The lowest BCUT2D eigenvalue weighted by Gasteiger charge is -2.10. The van der Waals surface area contributed by atoms with Gasteiger partial charge in [-0.2, -0.15) is 0 Å². The van der Waals surface area contributed by atoms with Crippen LogP contribution in [-0.2, 0) is 0 Å². The van der Waals surface area contributed by atoms with Crippen LogP contribution in [0.2, 0.25) is 0 Å². The van der Waals surface area contributed by atoms with Gasteiger partial charge in [0.15, 0.2) is 17.5 Å². The van der Waals surface area contributed by atoms with Crippen LogP contribution in [0.25, 0.3) is 122 Å². The van der Waals surface area contributed by atoms with Gasteiger partial charge in [0.25, 0.3) is 0 Å². The molecule has 12 rings (SSSR count). The molecule has 6 nitrogen and oxygen atoms in total. The van der Waals surface area contributed by atoms with Crippen LogP contribution in [0.15, 0.2) is 177 Å². The summed E-state index contributed by atoms with van der Waals surface area (Å²) >= 11 is 0. The molecule has 256 valence electrons. The van der Waals surface area contributed by atoms with Gasteiger partial charge in [-0.15, -0.1) is 0 Å². The van der Waals surface area contributed by atoms with E-state index in [0.29, 0.717) is 17.5 Å². The molecule has 0 bridgehead atoms. The first kappa shape index (κ1) is 29.9. The van der Waals surface area contributed by atoms with Crippen molar-refractivity contribution in [3.63, 3.8) is 0 Å². The van der Waals surface area contributed by atoms with Crippen molar-refractivity contribution in [3.05, 3.63) is 164 Å². The number of hydrogen-bond acceptors (Lipinski definition) is 6. The number of para-hydroxylation sites is 3. The standard InChI is InChI=1S/C49H27N3O3/c1-2-12-31-28(10-1)11-7-15-32(31)29-22-24-36-44(27-29)54-43-21-9-17-37(45(36)43)48-50-47(30-23-25-42-39(26-30)34-14-4-5-19-40(34)53-42)51-49(52-48)38-18-8-16-35-33-13-3-6-20-41(33)55-46(35)38/h1-27H. The molecule has 0 spiro atoms. The molecule has 0 N–H and O–H groups in total. The second-order valence-corrected chi connectivity index (χ2v) is 13.9. The molecule has 12 aromatic rings. The average Bonchev–Trinajstić information content (AvgIpc) is 3.94. The highest BCUT2D eigenvalue weighted by Gasteiger charge is 2.21. The van der Waals surface area contributed by atoms with Gasteiger partial charge < -0.3 is 13.3 Å². The molecule has 0 fully saturated rings. The van der Waals surface area contributed by atoms with E-state index in [2.05, 4.69) is 91.0 Å². The molecule has 0 radical (unpaired) electrons. The van der Waals surface area contributed by atoms with E-state index in [1.165, 1.54) is 10.8 Å². The fourth-order valence-corrected chi connectivity index (χ4v) is 8.19. The Balaban J connectivity index is 1.09. The lowest BCUT2D eigenvalue weighted by molar-refractivity contribution is 0.668. The summed E-state index contributed by atoms with van der Waals surface area (Å²) < 4.78 is 19.2.